The van der Waals surface area contributed by atoms with E-state index >= 15 is 0 Å². The topological polar surface area (TPSA) is 29.5 Å². The van der Waals surface area contributed by atoms with Gasteiger partial charge in [-0.1, -0.05) is 20.3 Å². The molecule has 3 saturated heterocycles. The zero-order chi connectivity index (χ0) is 17.9. The Bertz CT molecular complexity index is 663. The monoisotopic (exact) mass is 357 g/mol. The van der Waals surface area contributed by atoms with Crippen LogP contribution in [0, 0.1) is 39.9 Å². The molecule has 4 aliphatic carbocycles. The summed E-state index contributed by atoms with van der Waals surface area (Å²) in [4.78, 5) is 15.3. The van der Waals surface area contributed by atoms with Gasteiger partial charge in [-0.3, -0.25) is 9.69 Å². The number of hydrogen-bond acceptors (Lipinski definition) is 3. The number of rotatable bonds is 3. The first kappa shape index (κ1) is 16.4. The lowest BCUT2D eigenvalue weighted by Crippen LogP contribution is -2.79. The molecule has 6 bridgehead atoms. The summed E-state index contributed by atoms with van der Waals surface area (Å²) in [6, 6.07) is 1.63. The number of nitrogens with zero attached hydrogens (tertiary/aromatic N) is 1. The van der Waals surface area contributed by atoms with Crippen molar-refractivity contribution in [1.29, 1.82) is 0 Å². The predicted molar refractivity (Wildman–Crippen MR) is 100 cm³/mol. The second-order valence-corrected chi connectivity index (χ2v) is 11.1. The molecule has 0 aromatic carbocycles. The Morgan fingerprint density at radius 2 is 2.00 bits per heavy atom. The number of piperidine rings is 2. The summed E-state index contributed by atoms with van der Waals surface area (Å²) in [7, 11) is 1.57. The first-order valence-electron chi connectivity index (χ1n) is 11.3. The Hall–Kier alpha value is -0.570. The van der Waals surface area contributed by atoms with Gasteiger partial charge >= 0.3 is 5.97 Å². The van der Waals surface area contributed by atoms with E-state index in [0.29, 0.717) is 22.7 Å². The molecule has 26 heavy (non-hydrogen) atoms. The molecule has 3 aliphatic heterocycles. The summed E-state index contributed by atoms with van der Waals surface area (Å²) in [6.07, 6.45) is 11.9. The first-order valence-corrected chi connectivity index (χ1v) is 11.3. The molecule has 4 saturated carbocycles. The smallest absolute Gasteiger partial charge is 0.305 e. The highest BCUT2D eigenvalue weighted by Crippen LogP contribution is 2.83. The number of carbonyl (C=O) groups is 1. The lowest BCUT2D eigenvalue weighted by atomic mass is 9.34. The van der Waals surface area contributed by atoms with E-state index in [0.717, 1.165) is 42.2 Å². The predicted octanol–water partition coefficient (Wildman–Crippen LogP) is 4.25. The van der Waals surface area contributed by atoms with Gasteiger partial charge in [0, 0.05) is 25.0 Å². The molecule has 3 nitrogen and oxygen atoms in total. The third kappa shape index (κ3) is 1.47. The lowest BCUT2D eigenvalue weighted by molar-refractivity contribution is -0.283. The molecule has 7 rings (SSSR count). The van der Waals surface area contributed by atoms with Crippen LogP contribution >= 0.6 is 0 Å². The molecule has 1 spiro atoms. The first-order chi connectivity index (χ1) is 12.5. The van der Waals surface area contributed by atoms with E-state index in [-0.39, 0.29) is 5.97 Å². The van der Waals surface area contributed by atoms with E-state index < -0.39 is 0 Å². The molecule has 3 heteroatoms. The molecule has 9 unspecified atom stereocenters. The van der Waals surface area contributed by atoms with E-state index in [4.69, 9.17) is 4.74 Å². The van der Waals surface area contributed by atoms with Crippen molar-refractivity contribution in [3.63, 3.8) is 0 Å². The molecule has 0 amide bonds. The van der Waals surface area contributed by atoms with Crippen LogP contribution in [-0.4, -0.2) is 36.6 Å². The maximum Gasteiger partial charge on any atom is 0.305 e. The third-order valence-electron chi connectivity index (χ3n) is 11.1. The second kappa shape index (κ2) is 4.88. The van der Waals surface area contributed by atoms with Crippen LogP contribution in [0.4, 0.5) is 0 Å². The Morgan fingerprint density at radius 1 is 1.15 bits per heavy atom. The normalized spacial score (nSPS) is 58.9. The van der Waals surface area contributed by atoms with Crippen molar-refractivity contribution in [1.82, 2.24) is 4.90 Å². The molecule has 7 fully saturated rings. The highest BCUT2D eigenvalue weighted by Gasteiger charge is 2.82. The highest BCUT2D eigenvalue weighted by atomic mass is 16.5. The van der Waals surface area contributed by atoms with Gasteiger partial charge in [0.05, 0.1) is 7.11 Å². The van der Waals surface area contributed by atoms with Crippen molar-refractivity contribution < 1.29 is 9.53 Å². The van der Waals surface area contributed by atoms with Gasteiger partial charge in [0.2, 0.25) is 0 Å². The van der Waals surface area contributed by atoms with Crippen LogP contribution in [-0.2, 0) is 9.53 Å². The van der Waals surface area contributed by atoms with Gasteiger partial charge in [0.1, 0.15) is 0 Å². The molecule has 0 aromatic rings. The van der Waals surface area contributed by atoms with Crippen LogP contribution in [0.25, 0.3) is 0 Å². The number of hydrogen-bond donors (Lipinski definition) is 0. The standard InChI is InChI=1S/C23H35NO2/c1-14-13-24-19-15(14)6-10-21(2)16-7-11-22(20(16)24)9-4-5-17(22)23(19,21)12-8-18(25)26-3/h14-17,19-20H,4-13H2,1-3H3. The molecule has 7 aliphatic rings. The fourth-order valence-electron chi connectivity index (χ4n) is 10.6. The molecule has 9 atom stereocenters. The zero-order valence-corrected chi connectivity index (χ0v) is 16.8. The number of esters is 1. The van der Waals surface area contributed by atoms with Gasteiger partial charge < -0.3 is 4.74 Å². The molecule has 144 valence electrons. The van der Waals surface area contributed by atoms with Gasteiger partial charge in [-0.25, -0.2) is 0 Å². The van der Waals surface area contributed by atoms with Crippen molar-refractivity contribution in [2.75, 3.05) is 13.7 Å². The average Bonchev–Trinajstić information content (AvgIpc) is 3.31. The van der Waals surface area contributed by atoms with Crippen molar-refractivity contribution in [3.8, 4) is 0 Å². The van der Waals surface area contributed by atoms with Gasteiger partial charge in [-0.2, -0.15) is 0 Å². The van der Waals surface area contributed by atoms with Crippen LogP contribution in [0.3, 0.4) is 0 Å². The number of ether oxygens (including phenoxy) is 1. The highest BCUT2D eigenvalue weighted by molar-refractivity contribution is 5.69. The maximum atomic E-state index is 12.2. The quantitative estimate of drug-likeness (QED) is 0.707. The maximum absolute atomic E-state index is 12.2. The molecule has 3 heterocycles. The van der Waals surface area contributed by atoms with Crippen molar-refractivity contribution >= 4 is 5.97 Å². The van der Waals surface area contributed by atoms with Gasteiger partial charge in [0.15, 0.2) is 0 Å². The summed E-state index contributed by atoms with van der Waals surface area (Å²) in [5.41, 5.74) is 1.44. The number of carbonyl (C=O) groups excluding carboxylic acids is 1. The molecular weight excluding hydrogens is 322 g/mol. The third-order valence-corrected chi connectivity index (χ3v) is 11.1. The van der Waals surface area contributed by atoms with E-state index in [1.807, 2.05) is 0 Å². The van der Waals surface area contributed by atoms with Gasteiger partial charge in [-0.05, 0) is 84.9 Å². The van der Waals surface area contributed by atoms with Gasteiger partial charge in [0.25, 0.3) is 0 Å². The molecule has 0 radical (unpaired) electrons. The molecule has 0 aromatic heterocycles. The van der Waals surface area contributed by atoms with E-state index in [9.17, 15) is 4.79 Å². The summed E-state index contributed by atoms with van der Waals surface area (Å²) in [5, 5.41) is 0. The summed E-state index contributed by atoms with van der Waals surface area (Å²) in [6.45, 7) is 6.53. The number of methoxy groups -OCH3 is 1. The van der Waals surface area contributed by atoms with Crippen LogP contribution in [0.15, 0.2) is 0 Å². The second-order valence-electron chi connectivity index (χ2n) is 11.1. The SMILES string of the molecule is COC(=O)CCC12C3C4CCC1(C)C1CCC5(CCCC52)C1N3CC4C. The minimum absolute atomic E-state index is 0.0172. The lowest BCUT2D eigenvalue weighted by Gasteiger charge is -2.77. The summed E-state index contributed by atoms with van der Waals surface area (Å²) < 4.78 is 5.12. The van der Waals surface area contributed by atoms with Crippen LogP contribution in [0.1, 0.15) is 71.6 Å². The Morgan fingerprint density at radius 3 is 2.81 bits per heavy atom. The fraction of sp³-hybridized carbons (Fsp3) is 0.957. The van der Waals surface area contributed by atoms with Gasteiger partial charge in [-0.15, -0.1) is 0 Å². The van der Waals surface area contributed by atoms with E-state index in [1.165, 1.54) is 51.5 Å². The van der Waals surface area contributed by atoms with Crippen LogP contribution in [0.2, 0.25) is 0 Å². The minimum Gasteiger partial charge on any atom is -0.469 e. The summed E-state index contributed by atoms with van der Waals surface area (Å²) in [5.74, 6) is 3.50. The van der Waals surface area contributed by atoms with E-state index in [2.05, 4.69) is 18.7 Å². The van der Waals surface area contributed by atoms with Crippen LogP contribution in [0.5, 0.6) is 0 Å². The average molecular weight is 358 g/mol. The fourth-order valence-corrected chi connectivity index (χ4v) is 10.6. The Kier molecular flexibility index (Phi) is 3.08. The Labute approximate surface area is 158 Å². The molecular formula is C23H35NO2. The van der Waals surface area contributed by atoms with Crippen molar-refractivity contribution in [2.45, 2.75) is 83.7 Å². The van der Waals surface area contributed by atoms with Crippen molar-refractivity contribution in [3.05, 3.63) is 0 Å². The van der Waals surface area contributed by atoms with Crippen LogP contribution < -0.4 is 0 Å². The Balaban J connectivity index is 1.55. The largest absolute Gasteiger partial charge is 0.469 e. The zero-order valence-electron chi connectivity index (χ0n) is 16.8. The van der Waals surface area contributed by atoms with E-state index in [1.54, 1.807) is 7.11 Å². The molecule has 0 N–H and O–H groups in total. The minimum atomic E-state index is 0.0172. The summed E-state index contributed by atoms with van der Waals surface area (Å²) >= 11 is 0. The van der Waals surface area contributed by atoms with Crippen molar-refractivity contribution in [2.24, 2.45) is 39.9 Å².